The van der Waals surface area contributed by atoms with Crippen LogP contribution in [-0.4, -0.2) is 51.7 Å². The molecule has 178 valence electrons. The van der Waals surface area contributed by atoms with Crippen LogP contribution in [0.2, 0.25) is 0 Å². The van der Waals surface area contributed by atoms with E-state index in [-0.39, 0.29) is 41.6 Å². The molecule has 0 amide bonds. The Hall–Kier alpha value is -1.44. The van der Waals surface area contributed by atoms with Crippen LogP contribution in [0.25, 0.3) is 0 Å². The molecule has 0 aromatic rings. The van der Waals surface area contributed by atoms with Crippen molar-refractivity contribution in [2.45, 2.75) is 89.9 Å². The summed E-state index contributed by atoms with van der Waals surface area (Å²) in [6.45, 7) is 5.54. The summed E-state index contributed by atoms with van der Waals surface area (Å²) in [5, 5.41) is 34.1. The Morgan fingerprint density at radius 1 is 1.06 bits per heavy atom. The van der Waals surface area contributed by atoms with Crippen molar-refractivity contribution in [1.82, 2.24) is 0 Å². The Labute approximate surface area is 189 Å². The largest absolute Gasteiger partial charge is 0.455 e. The molecular weight excluding hydrogens is 412 g/mol. The van der Waals surface area contributed by atoms with Gasteiger partial charge in [0.05, 0.1) is 17.8 Å². The first-order chi connectivity index (χ1) is 15.0. The van der Waals surface area contributed by atoms with Crippen molar-refractivity contribution < 1.29 is 34.4 Å². The summed E-state index contributed by atoms with van der Waals surface area (Å²) in [6, 6.07) is 0. The summed E-state index contributed by atoms with van der Waals surface area (Å²) in [7, 11) is 0. The zero-order chi connectivity index (χ0) is 23.1. The molecule has 0 spiro atoms. The summed E-state index contributed by atoms with van der Waals surface area (Å²) < 4.78 is 10.4. The van der Waals surface area contributed by atoms with Gasteiger partial charge in [0, 0.05) is 17.9 Å². The maximum atomic E-state index is 12.3. The van der Waals surface area contributed by atoms with E-state index >= 15 is 0 Å². The van der Waals surface area contributed by atoms with Gasteiger partial charge in [0.2, 0.25) is 5.76 Å². The molecule has 0 unspecified atom stereocenters. The smallest absolute Gasteiger partial charge is 0.374 e. The van der Waals surface area contributed by atoms with Gasteiger partial charge in [-0.05, 0) is 80.5 Å². The van der Waals surface area contributed by atoms with E-state index in [4.69, 9.17) is 9.47 Å². The van der Waals surface area contributed by atoms with Crippen molar-refractivity contribution in [2.75, 3.05) is 6.61 Å². The minimum atomic E-state index is -1.07. The molecular formula is C25H36O7. The van der Waals surface area contributed by atoms with Crippen LogP contribution in [0.1, 0.15) is 72.1 Å². The molecule has 0 aromatic heterocycles. The van der Waals surface area contributed by atoms with E-state index in [0.29, 0.717) is 30.8 Å². The molecule has 4 aliphatic carbocycles. The number of ether oxygens (including phenoxy) is 2. The highest BCUT2D eigenvalue weighted by Gasteiger charge is 2.71. The maximum absolute atomic E-state index is 12.3. The molecule has 0 aromatic carbocycles. The van der Waals surface area contributed by atoms with Gasteiger partial charge in [-0.2, -0.15) is 0 Å². The van der Waals surface area contributed by atoms with E-state index in [1.165, 1.54) is 6.92 Å². The lowest BCUT2D eigenvalue weighted by molar-refractivity contribution is -0.245. The van der Waals surface area contributed by atoms with Crippen molar-refractivity contribution in [3.63, 3.8) is 0 Å². The molecule has 3 N–H and O–H groups in total. The Morgan fingerprint density at radius 2 is 1.81 bits per heavy atom. The summed E-state index contributed by atoms with van der Waals surface area (Å²) in [5.41, 5.74) is -1.31. The molecule has 9 atom stereocenters. The summed E-state index contributed by atoms with van der Waals surface area (Å²) in [5.74, 6) is -0.890. The average molecular weight is 449 g/mol. The minimum absolute atomic E-state index is 0.00682. The SMILES string of the molecule is CC(=O)OC1=C([C@H]2CC[C@]3(O)[C@@H]4CC[C@@H]5C[C@@H](O)CC[C@]5(C)[C@H]4C[C@@H](O)[C@]23C)COC1=O. The number of cyclic esters (lactones) is 1. The molecule has 1 aliphatic heterocycles. The number of carbonyl (C=O) groups excluding carboxylic acids is 2. The van der Waals surface area contributed by atoms with E-state index < -0.39 is 29.1 Å². The maximum Gasteiger partial charge on any atom is 0.374 e. The highest BCUT2D eigenvalue weighted by Crippen LogP contribution is 2.70. The number of aliphatic hydroxyl groups excluding tert-OH is 2. The summed E-state index contributed by atoms with van der Waals surface area (Å²) >= 11 is 0. The van der Waals surface area contributed by atoms with E-state index in [1.807, 2.05) is 6.92 Å². The van der Waals surface area contributed by atoms with E-state index in [0.717, 1.165) is 32.1 Å². The van der Waals surface area contributed by atoms with Crippen LogP contribution in [0.4, 0.5) is 0 Å². The van der Waals surface area contributed by atoms with Gasteiger partial charge in [0.1, 0.15) is 6.61 Å². The highest BCUT2D eigenvalue weighted by atomic mass is 16.6. The lowest BCUT2D eigenvalue weighted by Gasteiger charge is -2.64. The van der Waals surface area contributed by atoms with Gasteiger partial charge in [-0.25, -0.2) is 4.79 Å². The lowest BCUT2D eigenvalue weighted by Crippen LogP contribution is -2.67. The fourth-order valence-electron chi connectivity index (χ4n) is 8.66. The van der Waals surface area contributed by atoms with Gasteiger partial charge >= 0.3 is 11.9 Å². The Balaban J connectivity index is 1.52. The second-order valence-electron chi connectivity index (χ2n) is 11.5. The Bertz CT molecular complexity index is 866. The molecule has 7 nitrogen and oxygen atoms in total. The van der Waals surface area contributed by atoms with Gasteiger partial charge in [-0.15, -0.1) is 0 Å². The quantitative estimate of drug-likeness (QED) is 0.556. The fraction of sp³-hybridized carbons (Fsp3) is 0.840. The third kappa shape index (κ3) is 2.83. The molecule has 0 saturated heterocycles. The molecule has 0 bridgehead atoms. The summed E-state index contributed by atoms with van der Waals surface area (Å²) in [6.07, 6.45) is 5.16. The van der Waals surface area contributed by atoms with Crippen LogP contribution in [-0.2, 0) is 19.1 Å². The molecule has 5 aliphatic rings. The van der Waals surface area contributed by atoms with Gasteiger partial charge in [-0.1, -0.05) is 13.8 Å². The number of hydrogen-bond acceptors (Lipinski definition) is 7. The van der Waals surface area contributed by atoms with Crippen LogP contribution >= 0.6 is 0 Å². The fourth-order valence-corrected chi connectivity index (χ4v) is 8.66. The van der Waals surface area contributed by atoms with Crippen LogP contribution in [0.3, 0.4) is 0 Å². The zero-order valence-electron chi connectivity index (χ0n) is 19.3. The number of aliphatic hydroxyl groups is 3. The van der Waals surface area contributed by atoms with E-state index in [1.54, 1.807) is 0 Å². The standard InChI is InChI=1S/C25H36O7/c1-13(26)32-21-16(12-31-22(21)29)17-7-9-25(30)18-5-4-14-10-15(27)6-8-23(14,2)19(18)11-20(28)24(17,25)3/h14-15,17-20,27-28,30H,4-12H2,1-3H3/t14-,15+,17-,18-,19+,20-,23+,24+,25+/m1/s1. The third-order valence-corrected chi connectivity index (χ3v) is 10.4. The van der Waals surface area contributed by atoms with Gasteiger partial charge in [0.25, 0.3) is 0 Å². The highest BCUT2D eigenvalue weighted by molar-refractivity contribution is 5.92. The molecule has 5 rings (SSSR count). The van der Waals surface area contributed by atoms with Crippen LogP contribution in [0.5, 0.6) is 0 Å². The van der Waals surface area contributed by atoms with Crippen LogP contribution < -0.4 is 0 Å². The van der Waals surface area contributed by atoms with Crippen LogP contribution in [0, 0.1) is 34.5 Å². The predicted octanol–water partition coefficient (Wildman–Crippen LogP) is 2.47. The first kappa shape index (κ1) is 22.4. The van der Waals surface area contributed by atoms with Crippen LogP contribution in [0.15, 0.2) is 11.3 Å². The second kappa shape index (κ2) is 7.28. The number of hydrogen-bond donors (Lipinski definition) is 3. The predicted molar refractivity (Wildman–Crippen MR) is 114 cm³/mol. The Morgan fingerprint density at radius 3 is 2.53 bits per heavy atom. The number of carbonyl (C=O) groups is 2. The molecule has 32 heavy (non-hydrogen) atoms. The number of esters is 2. The van der Waals surface area contributed by atoms with Crippen molar-refractivity contribution in [3.05, 3.63) is 11.3 Å². The normalized spacial score (nSPS) is 50.4. The molecule has 0 radical (unpaired) electrons. The number of rotatable bonds is 2. The van der Waals surface area contributed by atoms with Gasteiger partial charge < -0.3 is 24.8 Å². The third-order valence-electron chi connectivity index (χ3n) is 10.4. The zero-order valence-corrected chi connectivity index (χ0v) is 19.3. The van der Waals surface area contributed by atoms with Crippen molar-refractivity contribution in [2.24, 2.45) is 34.5 Å². The minimum Gasteiger partial charge on any atom is -0.455 e. The first-order valence-corrected chi connectivity index (χ1v) is 12.2. The van der Waals surface area contributed by atoms with Crippen molar-refractivity contribution >= 4 is 11.9 Å². The molecule has 4 fully saturated rings. The van der Waals surface area contributed by atoms with Crippen molar-refractivity contribution in [3.8, 4) is 0 Å². The number of fused-ring (bicyclic) bond motifs is 5. The van der Waals surface area contributed by atoms with Gasteiger partial charge in [-0.3, -0.25) is 4.79 Å². The Kier molecular flexibility index (Phi) is 5.08. The second-order valence-corrected chi connectivity index (χ2v) is 11.5. The average Bonchev–Trinajstić information content (AvgIpc) is 3.21. The van der Waals surface area contributed by atoms with Crippen molar-refractivity contribution in [1.29, 1.82) is 0 Å². The molecule has 1 heterocycles. The lowest BCUT2D eigenvalue weighted by atomic mass is 9.42. The van der Waals surface area contributed by atoms with E-state index in [2.05, 4.69) is 6.92 Å². The summed E-state index contributed by atoms with van der Waals surface area (Å²) in [4.78, 5) is 23.8. The molecule has 4 saturated carbocycles. The molecule has 7 heteroatoms. The van der Waals surface area contributed by atoms with E-state index in [9.17, 15) is 24.9 Å². The first-order valence-electron chi connectivity index (χ1n) is 12.2. The van der Waals surface area contributed by atoms with Gasteiger partial charge in [0.15, 0.2) is 0 Å². The topological polar surface area (TPSA) is 113 Å². The monoisotopic (exact) mass is 448 g/mol.